The lowest BCUT2D eigenvalue weighted by Gasteiger charge is -2.49. The number of hydrogen-bond acceptors (Lipinski definition) is 16. The molecule has 0 spiro atoms. The molecule has 0 radical (unpaired) electrons. The number of methoxy groups -OCH3 is 1. The van der Waals surface area contributed by atoms with E-state index in [9.17, 15) is 34.8 Å². The van der Waals surface area contributed by atoms with Crippen LogP contribution in [0, 0.1) is 23.7 Å². The van der Waals surface area contributed by atoms with Gasteiger partial charge in [0, 0.05) is 31.3 Å². The average Bonchev–Trinajstić information content (AvgIpc) is 3.71. The third-order valence-electron chi connectivity index (χ3n) is 12.8. The molecule has 3 saturated heterocycles. The summed E-state index contributed by atoms with van der Waals surface area (Å²) in [5.74, 6) is -6.06. The molecular weight excluding hydrogens is 758 g/mol. The number of carbonyl (C=O) groups is 3. The van der Waals surface area contributed by atoms with Crippen LogP contribution < -0.4 is 0 Å². The Hall–Kier alpha value is -2.51. The van der Waals surface area contributed by atoms with Gasteiger partial charge in [-0.2, -0.15) is 0 Å². The number of ether oxygens (including phenoxy) is 7. The first kappa shape index (κ1) is 48.2. The van der Waals surface area contributed by atoms with Gasteiger partial charge in [0.1, 0.15) is 23.6 Å². The van der Waals surface area contributed by atoms with Crippen LogP contribution >= 0.6 is 0 Å². The molecule has 58 heavy (non-hydrogen) atoms. The third kappa shape index (κ3) is 10.3. The van der Waals surface area contributed by atoms with Crippen LogP contribution in [0.2, 0.25) is 0 Å². The maximum Gasteiger partial charge on any atom is 0.374 e. The van der Waals surface area contributed by atoms with E-state index in [-0.39, 0.29) is 25.0 Å². The van der Waals surface area contributed by atoms with Crippen LogP contribution in [0.5, 0.6) is 0 Å². The molecule has 18 atom stereocenters. The predicted octanol–water partition coefficient (Wildman–Crippen LogP) is 3.24. The molecule has 0 bridgehead atoms. The highest BCUT2D eigenvalue weighted by molar-refractivity contribution is 5.86. The zero-order valence-corrected chi connectivity index (χ0v) is 36.4. The first-order chi connectivity index (χ1) is 26.9. The van der Waals surface area contributed by atoms with E-state index in [1.807, 2.05) is 25.9 Å². The van der Waals surface area contributed by atoms with Crippen molar-refractivity contribution in [2.24, 2.45) is 23.7 Å². The van der Waals surface area contributed by atoms with E-state index in [1.165, 1.54) is 40.2 Å². The van der Waals surface area contributed by atoms with E-state index in [0.717, 1.165) is 0 Å². The lowest BCUT2D eigenvalue weighted by molar-refractivity contribution is -0.317. The number of Topliss-reactive ketones (excluding diaryl/α,β-unsaturated/α-hetero) is 1. The molecule has 4 rings (SSSR count). The molecule has 3 fully saturated rings. The summed E-state index contributed by atoms with van der Waals surface area (Å²) in [4.78, 5) is 43.6. The summed E-state index contributed by atoms with van der Waals surface area (Å²) in [6, 6.07) is 2.62. The van der Waals surface area contributed by atoms with Gasteiger partial charge in [-0.15, -0.1) is 0 Å². The number of aliphatic hydroxyl groups excluding tert-OH is 2. The molecule has 1 aromatic rings. The fourth-order valence-electron chi connectivity index (χ4n) is 9.10. The van der Waals surface area contributed by atoms with Gasteiger partial charge < -0.3 is 62.9 Å². The number of carbonyl (C=O) groups excluding carboxylic acids is 3. The molecule has 0 saturated carbocycles. The Morgan fingerprint density at radius 2 is 1.59 bits per heavy atom. The van der Waals surface area contributed by atoms with Crippen LogP contribution in [0.15, 0.2) is 22.8 Å². The fraction of sp³-hybridized carbons (Fsp3) is 0.833. The van der Waals surface area contributed by atoms with Crippen molar-refractivity contribution in [2.45, 2.75) is 179 Å². The molecule has 1 aromatic heterocycles. The summed E-state index contributed by atoms with van der Waals surface area (Å²) in [6.07, 6.45) is -9.02. The smallest absolute Gasteiger partial charge is 0.374 e. The molecule has 3 aliphatic heterocycles. The van der Waals surface area contributed by atoms with E-state index in [0.29, 0.717) is 6.42 Å². The molecular formula is C42H69NO15. The monoisotopic (exact) mass is 827 g/mol. The Morgan fingerprint density at radius 1 is 0.931 bits per heavy atom. The number of ketones is 1. The Bertz CT molecular complexity index is 1520. The minimum atomic E-state index is -2.03. The van der Waals surface area contributed by atoms with Gasteiger partial charge in [0.2, 0.25) is 5.76 Å². The standard InChI is InChI=1S/C42H69NO15/c1-14-29-42(10,50)34(45)23(4)31(44)21(2)19-40(8,49)36(58-39-33(27(43(11)12)18-22(3)53-39)57-38(48)28-16-15-17-52-28)24(5)32(25(6)37(47)55-29)56-30-20-41(9,51-13)35(46)26(7)54-30/h15-17,21-27,29-30,32-36,39,45-46,49-50H,14,18-20H2,1-13H3. The van der Waals surface area contributed by atoms with Crippen LogP contribution in [0.1, 0.15) is 105 Å². The second-order valence-corrected chi connectivity index (χ2v) is 17.8. The van der Waals surface area contributed by atoms with Crippen molar-refractivity contribution >= 4 is 17.7 Å². The Balaban J connectivity index is 1.87. The molecule has 16 nitrogen and oxygen atoms in total. The summed E-state index contributed by atoms with van der Waals surface area (Å²) in [5.41, 5.74) is -5.00. The van der Waals surface area contributed by atoms with Crippen LogP contribution in [0.25, 0.3) is 0 Å². The van der Waals surface area contributed by atoms with Crippen molar-refractivity contribution in [3.05, 3.63) is 24.2 Å². The quantitative estimate of drug-likeness (QED) is 0.263. The molecule has 18 unspecified atom stereocenters. The van der Waals surface area contributed by atoms with Crippen molar-refractivity contribution < 1.29 is 72.4 Å². The van der Waals surface area contributed by atoms with Gasteiger partial charge in [0.05, 0.1) is 59.9 Å². The van der Waals surface area contributed by atoms with Crippen LogP contribution in [-0.2, 0) is 42.7 Å². The second kappa shape index (κ2) is 19.0. The van der Waals surface area contributed by atoms with Gasteiger partial charge in [-0.05, 0) is 87.0 Å². The maximum absolute atomic E-state index is 14.3. The largest absolute Gasteiger partial charge is 0.459 e. The number of furan rings is 1. The number of cyclic esters (lactones) is 1. The minimum absolute atomic E-state index is 0.0306. The number of nitrogens with zero attached hydrogens (tertiary/aromatic N) is 1. The molecule has 16 heteroatoms. The van der Waals surface area contributed by atoms with E-state index in [1.54, 1.807) is 47.6 Å². The second-order valence-electron chi connectivity index (χ2n) is 17.8. The number of hydrogen-bond donors (Lipinski definition) is 4. The topological polar surface area (TPSA) is 213 Å². The number of likely N-dealkylation sites (N-methyl/N-ethyl adjacent to an activating group) is 1. The minimum Gasteiger partial charge on any atom is -0.459 e. The van der Waals surface area contributed by atoms with Crippen molar-refractivity contribution in [3.8, 4) is 0 Å². The van der Waals surface area contributed by atoms with Gasteiger partial charge >= 0.3 is 11.9 Å². The molecule has 0 aromatic carbocycles. The SMILES string of the molecule is CCC1OC(=O)C(C)C(OC2CC(C)(OC)C(O)C(C)O2)C(C)C(OC2OC(C)CC(N(C)C)C2OC(=O)c2ccco2)C(C)(O)CC(C)C(=O)C(C)C(O)C1(C)O. The van der Waals surface area contributed by atoms with Gasteiger partial charge in [-0.1, -0.05) is 27.7 Å². The fourth-order valence-corrected chi connectivity index (χ4v) is 9.10. The maximum atomic E-state index is 14.3. The van der Waals surface area contributed by atoms with Crippen molar-refractivity contribution in [1.82, 2.24) is 4.90 Å². The van der Waals surface area contributed by atoms with E-state index < -0.39 is 126 Å². The van der Waals surface area contributed by atoms with Crippen LogP contribution in [-0.4, -0.2) is 149 Å². The highest BCUT2D eigenvalue weighted by atomic mass is 16.7. The zero-order valence-electron chi connectivity index (χ0n) is 36.4. The highest BCUT2D eigenvalue weighted by Crippen LogP contribution is 2.41. The molecule has 0 amide bonds. The highest BCUT2D eigenvalue weighted by Gasteiger charge is 2.54. The van der Waals surface area contributed by atoms with Crippen LogP contribution in [0.3, 0.4) is 0 Å². The van der Waals surface area contributed by atoms with Gasteiger partial charge in [-0.25, -0.2) is 4.79 Å². The summed E-state index contributed by atoms with van der Waals surface area (Å²) in [6.45, 7) is 16.2. The predicted molar refractivity (Wildman–Crippen MR) is 208 cm³/mol. The molecule has 4 heterocycles. The number of esters is 2. The van der Waals surface area contributed by atoms with E-state index in [2.05, 4.69) is 0 Å². The Labute approximate surface area is 342 Å². The zero-order chi connectivity index (χ0) is 43.7. The Morgan fingerprint density at radius 3 is 2.16 bits per heavy atom. The van der Waals surface area contributed by atoms with Gasteiger partial charge in [0.25, 0.3) is 0 Å². The molecule has 332 valence electrons. The first-order valence-corrected chi connectivity index (χ1v) is 20.5. The molecule has 4 N–H and O–H groups in total. The average molecular weight is 828 g/mol. The van der Waals surface area contributed by atoms with Gasteiger partial charge in [0.15, 0.2) is 18.7 Å². The molecule has 3 aliphatic rings. The Kier molecular flexibility index (Phi) is 15.8. The third-order valence-corrected chi connectivity index (χ3v) is 12.8. The lowest BCUT2D eigenvalue weighted by Crippen LogP contribution is -2.61. The van der Waals surface area contributed by atoms with Gasteiger partial charge in [-0.3, -0.25) is 9.59 Å². The van der Waals surface area contributed by atoms with Crippen molar-refractivity contribution in [1.29, 1.82) is 0 Å². The van der Waals surface area contributed by atoms with E-state index in [4.69, 9.17) is 37.6 Å². The lowest BCUT2D eigenvalue weighted by atomic mass is 9.74. The molecule has 0 aliphatic carbocycles. The van der Waals surface area contributed by atoms with E-state index >= 15 is 0 Å². The summed E-state index contributed by atoms with van der Waals surface area (Å²) < 4.78 is 49.2. The number of rotatable bonds is 9. The van der Waals surface area contributed by atoms with Crippen LogP contribution in [0.4, 0.5) is 0 Å². The number of aliphatic hydroxyl groups is 4. The normalized spacial score (nSPS) is 45.0. The van der Waals surface area contributed by atoms with Crippen molar-refractivity contribution in [2.75, 3.05) is 21.2 Å². The summed E-state index contributed by atoms with van der Waals surface area (Å²) in [7, 11) is 5.15. The summed E-state index contributed by atoms with van der Waals surface area (Å²) >= 11 is 0. The first-order valence-electron chi connectivity index (χ1n) is 20.5. The van der Waals surface area contributed by atoms with Crippen molar-refractivity contribution in [3.63, 3.8) is 0 Å². The summed E-state index contributed by atoms with van der Waals surface area (Å²) in [5, 5.41) is 46.8.